The Hall–Kier alpha value is -5.78. The fourth-order valence-corrected chi connectivity index (χ4v) is 8.27. The molecule has 210 valence electrons. The van der Waals surface area contributed by atoms with Crippen molar-refractivity contribution in [2.24, 2.45) is 0 Å². The van der Waals surface area contributed by atoms with Crippen molar-refractivity contribution in [1.29, 1.82) is 0 Å². The molecular weight excluding hydrogens is 569 g/mol. The topological polar surface area (TPSA) is 35.6 Å². The molecule has 0 aliphatic heterocycles. The number of hydrogen-bond donors (Lipinski definition) is 0. The fourth-order valence-electron chi connectivity index (χ4n) is 7.10. The van der Waals surface area contributed by atoms with E-state index < -0.39 is 0 Å². The summed E-state index contributed by atoms with van der Waals surface area (Å²) in [5.74, 6) is 0.908. The van der Waals surface area contributed by atoms with Crippen LogP contribution in [0.25, 0.3) is 86.5 Å². The van der Waals surface area contributed by atoms with Crippen molar-refractivity contribution < 1.29 is 0 Å². The van der Waals surface area contributed by atoms with E-state index in [1.807, 2.05) is 0 Å². The van der Waals surface area contributed by atoms with Crippen molar-refractivity contribution >= 4 is 75.3 Å². The SMILES string of the molecule is c1ccc(-c2ccc3c(c2)sc2c(-n4c5ccccc5c5ccc6c7ccccc7n(-c7ccccc7)c6c54)ncnc23)cc1. The molecule has 0 aliphatic carbocycles. The highest BCUT2D eigenvalue weighted by atomic mass is 32.1. The number of para-hydroxylation sites is 3. The highest BCUT2D eigenvalue weighted by Gasteiger charge is 2.23. The third-order valence-electron chi connectivity index (χ3n) is 9.04. The average molecular weight is 593 g/mol. The van der Waals surface area contributed by atoms with Crippen LogP contribution in [-0.4, -0.2) is 19.1 Å². The first-order valence-electron chi connectivity index (χ1n) is 15.1. The minimum Gasteiger partial charge on any atom is -0.307 e. The summed E-state index contributed by atoms with van der Waals surface area (Å²) in [5.41, 5.74) is 9.18. The van der Waals surface area contributed by atoms with Crippen LogP contribution in [0.1, 0.15) is 0 Å². The molecule has 0 radical (unpaired) electrons. The molecule has 0 amide bonds. The maximum absolute atomic E-state index is 5.04. The number of rotatable bonds is 3. The van der Waals surface area contributed by atoms with Gasteiger partial charge in [0.1, 0.15) is 6.33 Å². The highest BCUT2D eigenvalue weighted by Crippen LogP contribution is 2.44. The zero-order valence-electron chi connectivity index (χ0n) is 24.1. The van der Waals surface area contributed by atoms with Crippen molar-refractivity contribution in [3.63, 3.8) is 0 Å². The van der Waals surface area contributed by atoms with Crippen molar-refractivity contribution in [3.05, 3.63) is 146 Å². The molecule has 0 atom stereocenters. The van der Waals surface area contributed by atoms with Crippen molar-refractivity contribution in [3.8, 4) is 22.6 Å². The second kappa shape index (κ2) is 9.36. The molecule has 10 aromatic rings. The lowest BCUT2D eigenvalue weighted by atomic mass is 10.0. The number of hydrogen-bond acceptors (Lipinski definition) is 3. The Bertz CT molecular complexity index is 2750. The first kappa shape index (κ1) is 24.6. The summed E-state index contributed by atoms with van der Waals surface area (Å²) >= 11 is 1.77. The molecule has 0 saturated heterocycles. The van der Waals surface area contributed by atoms with Gasteiger partial charge in [-0.3, -0.25) is 4.57 Å². The van der Waals surface area contributed by atoms with Gasteiger partial charge in [-0.1, -0.05) is 109 Å². The molecule has 0 aliphatic rings. The smallest absolute Gasteiger partial charge is 0.159 e. The minimum atomic E-state index is 0.908. The van der Waals surface area contributed by atoms with Gasteiger partial charge in [0.15, 0.2) is 5.82 Å². The van der Waals surface area contributed by atoms with Crippen LogP contribution < -0.4 is 0 Å². The van der Waals surface area contributed by atoms with Gasteiger partial charge in [-0.25, -0.2) is 9.97 Å². The summed E-state index contributed by atoms with van der Waals surface area (Å²) in [6, 6.07) is 49.9. The first-order valence-corrected chi connectivity index (χ1v) is 15.9. The molecule has 4 nitrogen and oxygen atoms in total. The van der Waals surface area contributed by atoms with Crippen LogP contribution in [-0.2, 0) is 0 Å². The molecule has 0 spiro atoms. The minimum absolute atomic E-state index is 0.908. The lowest BCUT2D eigenvalue weighted by Gasteiger charge is -2.12. The molecule has 4 aromatic heterocycles. The summed E-state index contributed by atoms with van der Waals surface area (Å²) < 4.78 is 7.08. The molecule has 6 aromatic carbocycles. The van der Waals surface area contributed by atoms with Gasteiger partial charge in [0.2, 0.25) is 0 Å². The van der Waals surface area contributed by atoms with E-state index in [9.17, 15) is 0 Å². The maximum atomic E-state index is 5.04. The Morgan fingerprint density at radius 3 is 1.80 bits per heavy atom. The predicted molar refractivity (Wildman–Crippen MR) is 189 cm³/mol. The molecule has 0 saturated carbocycles. The summed E-state index contributed by atoms with van der Waals surface area (Å²) in [7, 11) is 0. The Morgan fingerprint density at radius 2 is 1.07 bits per heavy atom. The van der Waals surface area contributed by atoms with E-state index >= 15 is 0 Å². The third-order valence-corrected chi connectivity index (χ3v) is 10.2. The van der Waals surface area contributed by atoms with E-state index in [0.717, 1.165) is 38.1 Å². The number of nitrogens with zero attached hydrogens (tertiary/aromatic N) is 4. The molecule has 0 unspecified atom stereocenters. The number of benzene rings is 6. The van der Waals surface area contributed by atoms with E-state index in [1.165, 1.54) is 48.4 Å². The molecule has 0 fully saturated rings. The lowest BCUT2D eigenvalue weighted by Crippen LogP contribution is -2.01. The highest BCUT2D eigenvalue weighted by molar-refractivity contribution is 7.26. The van der Waals surface area contributed by atoms with Crippen molar-refractivity contribution in [2.75, 3.05) is 0 Å². The van der Waals surface area contributed by atoms with Gasteiger partial charge in [0.25, 0.3) is 0 Å². The third kappa shape index (κ3) is 3.47. The van der Waals surface area contributed by atoms with Gasteiger partial charge >= 0.3 is 0 Å². The molecule has 4 heterocycles. The molecule has 0 bridgehead atoms. The van der Waals surface area contributed by atoms with Gasteiger partial charge in [-0.2, -0.15) is 0 Å². The second-order valence-electron chi connectivity index (χ2n) is 11.5. The predicted octanol–water partition coefficient (Wildman–Crippen LogP) is 10.7. The van der Waals surface area contributed by atoms with E-state index in [0.29, 0.717) is 0 Å². The summed E-state index contributed by atoms with van der Waals surface area (Å²) in [5, 5.41) is 6.02. The lowest BCUT2D eigenvalue weighted by molar-refractivity contribution is 1.07. The number of aromatic nitrogens is 4. The first-order chi connectivity index (χ1) is 22.3. The van der Waals surface area contributed by atoms with Crippen LogP contribution in [0, 0.1) is 0 Å². The second-order valence-corrected chi connectivity index (χ2v) is 12.5. The molecule has 5 heteroatoms. The van der Waals surface area contributed by atoms with Crippen LogP contribution in [0.4, 0.5) is 0 Å². The van der Waals surface area contributed by atoms with Crippen LogP contribution in [0.15, 0.2) is 146 Å². The molecule has 0 N–H and O–H groups in total. The quantitative estimate of drug-likeness (QED) is 0.205. The normalized spacial score (nSPS) is 12.0. The largest absolute Gasteiger partial charge is 0.307 e. The average Bonchev–Trinajstić information content (AvgIpc) is 3.76. The van der Waals surface area contributed by atoms with E-state index in [2.05, 4.69) is 149 Å². The van der Waals surface area contributed by atoms with E-state index in [4.69, 9.17) is 9.97 Å². The molecule has 45 heavy (non-hydrogen) atoms. The van der Waals surface area contributed by atoms with Crippen LogP contribution in [0.2, 0.25) is 0 Å². The van der Waals surface area contributed by atoms with Gasteiger partial charge in [0.05, 0.1) is 32.3 Å². The number of thiophene rings is 1. The Labute approximate surface area is 262 Å². The van der Waals surface area contributed by atoms with E-state index in [1.54, 1.807) is 17.7 Å². The Kier molecular flexibility index (Phi) is 5.12. The molecular formula is C40H24N4S. The van der Waals surface area contributed by atoms with Crippen molar-refractivity contribution in [2.45, 2.75) is 0 Å². The zero-order chi connectivity index (χ0) is 29.5. The number of fused-ring (bicyclic) bond motifs is 10. The monoisotopic (exact) mass is 592 g/mol. The zero-order valence-corrected chi connectivity index (χ0v) is 24.9. The fraction of sp³-hybridized carbons (Fsp3) is 0. The Morgan fingerprint density at radius 1 is 0.467 bits per heavy atom. The van der Waals surface area contributed by atoms with Crippen LogP contribution in [0.3, 0.4) is 0 Å². The van der Waals surface area contributed by atoms with Gasteiger partial charge < -0.3 is 4.57 Å². The van der Waals surface area contributed by atoms with Crippen LogP contribution >= 0.6 is 11.3 Å². The van der Waals surface area contributed by atoms with Gasteiger partial charge in [-0.05, 0) is 41.5 Å². The standard InChI is InChI=1S/C40H24N4S/c1-3-11-25(12-4-1)26-19-20-32-35(23-26)45-39-36(32)41-24-42-40(39)44-34-18-10-8-16-29(34)31-22-21-30-28-15-7-9-17-33(28)43(37(30)38(31)44)27-13-5-2-6-14-27/h1-24H. The van der Waals surface area contributed by atoms with Crippen LogP contribution in [0.5, 0.6) is 0 Å². The Balaban J connectivity index is 1.37. The summed E-state index contributed by atoms with van der Waals surface area (Å²) in [6.07, 6.45) is 1.72. The van der Waals surface area contributed by atoms with E-state index in [-0.39, 0.29) is 0 Å². The summed E-state index contributed by atoms with van der Waals surface area (Å²) in [4.78, 5) is 9.89. The molecule has 10 rings (SSSR count). The van der Waals surface area contributed by atoms with Gasteiger partial charge in [0, 0.05) is 37.3 Å². The summed E-state index contributed by atoms with van der Waals surface area (Å²) in [6.45, 7) is 0. The van der Waals surface area contributed by atoms with Gasteiger partial charge in [-0.15, -0.1) is 11.3 Å². The van der Waals surface area contributed by atoms with Crippen molar-refractivity contribution in [1.82, 2.24) is 19.1 Å². The maximum Gasteiger partial charge on any atom is 0.159 e.